The molecule has 210 valence electrons. The Morgan fingerprint density at radius 1 is 1.07 bits per heavy atom. The monoisotopic (exact) mass is 599 g/mol. The highest BCUT2D eigenvalue weighted by Gasteiger charge is 2.21. The number of hydrogen-bond donors (Lipinski definition) is 2. The summed E-state index contributed by atoms with van der Waals surface area (Å²) in [5.41, 5.74) is 3.11. The number of rotatable bonds is 8. The smallest absolute Gasteiger partial charge is 0.387 e. The molecule has 0 bridgehead atoms. The van der Waals surface area contributed by atoms with E-state index in [9.17, 15) is 22.0 Å². The van der Waals surface area contributed by atoms with Gasteiger partial charge in [-0.1, -0.05) is 17.7 Å². The Bertz CT molecular complexity index is 1900. The van der Waals surface area contributed by atoms with Crippen molar-refractivity contribution in [1.29, 1.82) is 0 Å². The summed E-state index contributed by atoms with van der Waals surface area (Å²) in [6.07, 6.45) is 3.04. The molecule has 0 atom stereocenters. The molecule has 0 saturated carbocycles. The van der Waals surface area contributed by atoms with E-state index >= 15 is 0 Å². The van der Waals surface area contributed by atoms with E-state index in [1.54, 1.807) is 28.9 Å². The largest absolute Gasteiger partial charge is 0.435 e. The Hall–Kier alpha value is -4.69. The van der Waals surface area contributed by atoms with Crippen molar-refractivity contribution in [3.63, 3.8) is 0 Å². The van der Waals surface area contributed by atoms with Crippen LogP contribution in [0.1, 0.15) is 12.6 Å². The molecule has 11 nitrogen and oxygen atoms in total. The Morgan fingerprint density at radius 2 is 1.88 bits per heavy atom. The lowest BCUT2D eigenvalue weighted by molar-refractivity contribution is -0.114. The molecule has 0 fully saturated rings. The molecule has 0 aliphatic rings. The summed E-state index contributed by atoms with van der Waals surface area (Å²) in [4.78, 5) is 24.4. The van der Waals surface area contributed by atoms with Gasteiger partial charge >= 0.3 is 6.61 Å². The molecule has 4 aromatic heterocycles. The van der Waals surface area contributed by atoms with Crippen molar-refractivity contribution in [1.82, 2.24) is 24.6 Å². The van der Waals surface area contributed by atoms with Crippen molar-refractivity contribution in [2.45, 2.75) is 25.4 Å². The van der Waals surface area contributed by atoms with Gasteiger partial charge in [0.1, 0.15) is 11.4 Å². The fourth-order valence-corrected chi connectivity index (χ4v) is 5.27. The number of nitrogens with zero attached hydrogens (tertiary/aromatic N) is 5. The highest BCUT2D eigenvalue weighted by molar-refractivity contribution is 7.92. The lowest BCUT2D eigenvalue weighted by Crippen LogP contribution is -2.14. The zero-order valence-electron chi connectivity index (χ0n) is 21.3. The van der Waals surface area contributed by atoms with E-state index in [4.69, 9.17) is 11.6 Å². The molecule has 0 aliphatic carbocycles. The molecule has 1 aromatic carbocycles. The van der Waals surface area contributed by atoms with E-state index in [-0.39, 0.29) is 27.4 Å². The lowest BCUT2D eigenvalue weighted by atomic mass is 10.1. The minimum Gasteiger partial charge on any atom is -0.435 e. The van der Waals surface area contributed by atoms with Crippen LogP contribution in [0.5, 0.6) is 5.75 Å². The topological polar surface area (TPSA) is 140 Å². The van der Waals surface area contributed by atoms with Gasteiger partial charge in [-0.15, -0.1) is 0 Å². The number of halogens is 3. The van der Waals surface area contributed by atoms with Crippen LogP contribution in [0.2, 0.25) is 5.15 Å². The van der Waals surface area contributed by atoms with Gasteiger partial charge in [0.2, 0.25) is 5.91 Å². The third-order valence-corrected chi connectivity index (χ3v) is 7.33. The minimum absolute atomic E-state index is 0.0687. The van der Waals surface area contributed by atoms with Gasteiger partial charge in [-0.3, -0.25) is 14.5 Å². The molecule has 0 radical (unpaired) electrons. The molecule has 15 heteroatoms. The minimum atomic E-state index is -4.26. The molecule has 2 N–H and O–H groups in total. The molecular formula is C26H20ClF2N7O4S. The zero-order valence-corrected chi connectivity index (χ0v) is 22.9. The van der Waals surface area contributed by atoms with Crippen molar-refractivity contribution in [3.8, 4) is 28.3 Å². The maximum Gasteiger partial charge on any atom is 0.387 e. The van der Waals surface area contributed by atoms with E-state index in [0.717, 1.165) is 11.8 Å². The number of sulfonamides is 1. The Kier molecular flexibility index (Phi) is 7.51. The van der Waals surface area contributed by atoms with Crippen LogP contribution in [0.25, 0.3) is 28.2 Å². The Balaban J connectivity index is 1.55. The van der Waals surface area contributed by atoms with E-state index < -0.39 is 16.6 Å². The normalized spacial score (nSPS) is 11.6. The fourth-order valence-electron chi connectivity index (χ4n) is 3.97. The first kappa shape index (κ1) is 27.9. The summed E-state index contributed by atoms with van der Waals surface area (Å²) < 4.78 is 59.4. The molecule has 5 rings (SSSR count). The van der Waals surface area contributed by atoms with Gasteiger partial charge in [-0.2, -0.15) is 13.9 Å². The first-order valence-corrected chi connectivity index (χ1v) is 13.7. The number of aromatic nitrogens is 5. The molecule has 0 aliphatic heterocycles. The lowest BCUT2D eigenvalue weighted by Gasteiger charge is -2.12. The number of aryl methyl sites for hydroxylation is 1. The molecule has 0 unspecified atom stereocenters. The predicted octanol–water partition coefficient (Wildman–Crippen LogP) is 5.18. The summed E-state index contributed by atoms with van der Waals surface area (Å²) in [7, 11) is -4.26. The number of hydrogen-bond acceptors (Lipinski definition) is 8. The summed E-state index contributed by atoms with van der Waals surface area (Å²) in [5.74, 6) is -0.336. The van der Waals surface area contributed by atoms with Gasteiger partial charge in [0, 0.05) is 42.2 Å². The van der Waals surface area contributed by atoms with E-state index in [1.807, 2.05) is 13.0 Å². The van der Waals surface area contributed by atoms with E-state index in [0.29, 0.717) is 34.0 Å². The molecular weight excluding hydrogens is 580 g/mol. The van der Waals surface area contributed by atoms with Crippen LogP contribution in [0.4, 0.5) is 20.3 Å². The maximum atomic E-state index is 13.0. The van der Waals surface area contributed by atoms with Crippen LogP contribution in [-0.2, 0) is 14.8 Å². The molecule has 0 saturated heterocycles. The zero-order chi connectivity index (χ0) is 29.3. The summed E-state index contributed by atoms with van der Waals surface area (Å²) in [6, 6.07) is 13.0. The number of ether oxygens (including phenoxy) is 1. The quantitative estimate of drug-likeness (QED) is 0.233. The average Bonchev–Trinajstić information content (AvgIpc) is 3.26. The molecule has 41 heavy (non-hydrogen) atoms. The van der Waals surface area contributed by atoms with Gasteiger partial charge in [-0.25, -0.2) is 22.9 Å². The molecule has 5 aromatic rings. The van der Waals surface area contributed by atoms with Crippen LogP contribution in [-0.4, -0.2) is 45.5 Å². The third-order valence-electron chi connectivity index (χ3n) is 5.66. The van der Waals surface area contributed by atoms with Crippen molar-refractivity contribution < 1.29 is 26.7 Å². The van der Waals surface area contributed by atoms with Gasteiger partial charge < -0.3 is 10.1 Å². The first-order valence-electron chi connectivity index (χ1n) is 11.8. The number of carbonyl (C=O) groups is 1. The van der Waals surface area contributed by atoms with Crippen molar-refractivity contribution in [3.05, 3.63) is 77.8 Å². The molecule has 1 amide bonds. The molecule has 0 spiro atoms. The number of alkyl halides is 2. The van der Waals surface area contributed by atoms with Crippen molar-refractivity contribution in [2.75, 3.05) is 10.0 Å². The highest BCUT2D eigenvalue weighted by Crippen LogP contribution is 2.32. The number of benzene rings is 1. The van der Waals surface area contributed by atoms with Gasteiger partial charge in [0.05, 0.1) is 16.3 Å². The van der Waals surface area contributed by atoms with Gasteiger partial charge in [0.25, 0.3) is 10.0 Å². The standard InChI is InChI=1S/C26H20ClF2N7O4S/c1-14-10-16(8-9-30-14)23-25(32-15(2)37)33-22-7-6-20(34-36(22)23)17-11-21(24(27)31-13-17)35-41(38,39)19-5-3-4-18(12-19)40-26(28)29/h3-13,26,35H,1-2H3,(H,32,37). The fraction of sp³-hybridized carbons (Fsp3) is 0.115. The molecule has 4 heterocycles. The number of anilines is 2. The van der Waals surface area contributed by atoms with Crippen LogP contribution in [0.3, 0.4) is 0 Å². The second-order valence-electron chi connectivity index (χ2n) is 8.69. The van der Waals surface area contributed by atoms with E-state index in [1.165, 1.54) is 37.4 Å². The first-order chi connectivity index (χ1) is 19.5. The predicted molar refractivity (Wildman–Crippen MR) is 147 cm³/mol. The Morgan fingerprint density at radius 3 is 2.61 bits per heavy atom. The number of imidazole rings is 1. The summed E-state index contributed by atoms with van der Waals surface area (Å²) in [6.45, 7) is 0.0800. The average molecular weight is 600 g/mol. The van der Waals surface area contributed by atoms with Crippen molar-refractivity contribution in [2.24, 2.45) is 0 Å². The Labute approximate surface area is 237 Å². The number of pyridine rings is 2. The summed E-state index contributed by atoms with van der Waals surface area (Å²) in [5, 5.41) is 7.25. The van der Waals surface area contributed by atoms with Crippen LogP contribution < -0.4 is 14.8 Å². The third kappa shape index (κ3) is 6.07. The van der Waals surface area contributed by atoms with E-state index in [2.05, 4.69) is 34.8 Å². The highest BCUT2D eigenvalue weighted by atomic mass is 35.5. The number of carbonyl (C=O) groups excluding carboxylic acids is 1. The second kappa shape index (κ2) is 11.1. The summed E-state index contributed by atoms with van der Waals surface area (Å²) >= 11 is 6.20. The van der Waals surface area contributed by atoms with Crippen LogP contribution in [0, 0.1) is 6.92 Å². The SMILES string of the molecule is CC(=O)Nc1nc2ccc(-c3cnc(Cl)c(NS(=O)(=O)c4cccc(OC(F)F)c4)c3)nn2c1-c1ccnc(C)c1. The van der Waals surface area contributed by atoms with Gasteiger partial charge in [-0.05, 0) is 49.4 Å². The number of fused-ring (bicyclic) bond motifs is 1. The van der Waals surface area contributed by atoms with Crippen molar-refractivity contribution >= 4 is 44.7 Å². The number of nitrogens with one attached hydrogen (secondary N) is 2. The van der Waals surface area contributed by atoms with Crippen LogP contribution >= 0.6 is 11.6 Å². The maximum absolute atomic E-state index is 13.0. The van der Waals surface area contributed by atoms with Gasteiger partial charge in [0.15, 0.2) is 16.6 Å². The number of amides is 1. The van der Waals surface area contributed by atoms with Crippen LogP contribution in [0.15, 0.2) is 71.9 Å². The second-order valence-corrected chi connectivity index (χ2v) is 10.7.